The van der Waals surface area contributed by atoms with Gasteiger partial charge >= 0.3 is 6.09 Å². The standard InChI is InChI=1S/C23H38ClNO2/c1-17(11-16-27-21(26)25-15-14-24)7-9-19-18(2)8-10-20-22(3,4)12-6-13-23(19,20)5/h8,11,19-20H,6-7,9-10,12-16H2,1-5H3,(H,25,26)/b17-11+/t19-,20?,23+/m0/s1. The first kappa shape index (κ1) is 22.3. The van der Waals surface area contributed by atoms with Gasteiger partial charge in [-0.3, -0.25) is 0 Å². The van der Waals surface area contributed by atoms with E-state index in [1.165, 1.54) is 37.7 Å². The number of allylic oxidation sites excluding steroid dienone is 3. The summed E-state index contributed by atoms with van der Waals surface area (Å²) in [5, 5.41) is 2.61. The molecule has 0 radical (unpaired) electrons. The number of hydrogen-bond donors (Lipinski definition) is 1. The minimum Gasteiger partial charge on any atom is -0.445 e. The molecule has 0 aliphatic heterocycles. The van der Waals surface area contributed by atoms with Gasteiger partial charge in [-0.05, 0) is 74.7 Å². The second kappa shape index (κ2) is 9.49. The van der Waals surface area contributed by atoms with Crippen LogP contribution < -0.4 is 5.32 Å². The molecular formula is C23H38ClNO2. The normalized spacial score (nSPS) is 30.3. The predicted octanol–water partition coefficient (Wildman–Crippen LogP) is 6.48. The van der Waals surface area contributed by atoms with Gasteiger partial charge in [0.2, 0.25) is 0 Å². The molecular weight excluding hydrogens is 358 g/mol. The van der Waals surface area contributed by atoms with Crippen LogP contribution in [-0.2, 0) is 4.74 Å². The minimum absolute atomic E-state index is 0.326. The van der Waals surface area contributed by atoms with Gasteiger partial charge in [0.25, 0.3) is 0 Å². The van der Waals surface area contributed by atoms with Gasteiger partial charge in [-0.15, -0.1) is 11.6 Å². The van der Waals surface area contributed by atoms with Crippen LogP contribution in [0.2, 0.25) is 0 Å². The fraction of sp³-hybridized carbons (Fsp3) is 0.783. The third kappa shape index (κ3) is 5.53. The Morgan fingerprint density at radius 2 is 2.11 bits per heavy atom. The Balaban J connectivity index is 1.93. The van der Waals surface area contributed by atoms with E-state index in [9.17, 15) is 4.79 Å². The van der Waals surface area contributed by atoms with E-state index < -0.39 is 6.09 Å². The minimum atomic E-state index is -0.398. The van der Waals surface area contributed by atoms with Gasteiger partial charge in [-0.25, -0.2) is 4.79 Å². The van der Waals surface area contributed by atoms with Crippen molar-refractivity contribution >= 4 is 17.7 Å². The molecule has 1 fully saturated rings. The number of hydrogen-bond acceptors (Lipinski definition) is 2. The highest BCUT2D eigenvalue weighted by atomic mass is 35.5. The van der Waals surface area contributed by atoms with Crippen LogP contribution in [0.3, 0.4) is 0 Å². The maximum Gasteiger partial charge on any atom is 0.407 e. The molecule has 3 nitrogen and oxygen atoms in total. The fourth-order valence-electron chi connectivity index (χ4n) is 5.63. The van der Waals surface area contributed by atoms with Gasteiger partial charge in [0.05, 0.1) is 0 Å². The summed E-state index contributed by atoms with van der Waals surface area (Å²) in [5.41, 5.74) is 3.74. The Morgan fingerprint density at radius 1 is 1.37 bits per heavy atom. The zero-order valence-corrected chi connectivity index (χ0v) is 18.6. The van der Waals surface area contributed by atoms with E-state index in [2.05, 4.69) is 46.0 Å². The topological polar surface area (TPSA) is 38.3 Å². The number of carbonyl (C=O) groups is 1. The molecule has 1 amide bonds. The summed E-state index contributed by atoms with van der Waals surface area (Å²) in [5.74, 6) is 1.84. The Kier molecular flexibility index (Phi) is 7.85. The van der Waals surface area contributed by atoms with Crippen molar-refractivity contribution in [3.05, 3.63) is 23.3 Å². The van der Waals surface area contributed by atoms with Gasteiger partial charge < -0.3 is 10.1 Å². The number of amides is 1. The van der Waals surface area contributed by atoms with Gasteiger partial charge in [0, 0.05) is 12.4 Å². The van der Waals surface area contributed by atoms with Crippen molar-refractivity contribution < 1.29 is 9.53 Å². The lowest BCUT2D eigenvalue weighted by atomic mass is 9.48. The predicted molar refractivity (Wildman–Crippen MR) is 114 cm³/mol. The SMILES string of the molecule is CC1=CCC2C(C)(C)CCC[C@]2(C)[C@H]1CC/C(C)=C/COC(=O)NCCCl. The average Bonchev–Trinajstić information content (AvgIpc) is 2.58. The molecule has 4 heteroatoms. The summed E-state index contributed by atoms with van der Waals surface area (Å²) < 4.78 is 5.16. The van der Waals surface area contributed by atoms with Crippen molar-refractivity contribution in [1.82, 2.24) is 5.32 Å². The highest BCUT2D eigenvalue weighted by Gasteiger charge is 2.51. The fourth-order valence-corrected chi connectivity index (χ4v) is 5.72. The van der Waals surface area contributed by atoms with Crippen LogP contribution in [0.1, 0.15) is 73.1 Å². The highest BCUT2D eigenvalue weighted by Crippen LogP contribution is 2.60. The lowest BCUT2D eigenvalue weighted by molar-refractivity contribution is -0.0390. The molecule has 0 aromatic heterocycles. The summed E-state index contributed by atoms with van der Waals surface area (Å²) >= 11 is 5.55. The molecule has 0 aromatic carbocycles. The van der Waals surface area contributed by atoms with E-state index in [4.69, 9.17) is 16.3 Å². The summed E-state index contributed by atoms with van der Waals surface area (Å²) in [6, 6.07) is 0. The lowest BCUT2D eigenvalue weighted by Gasteiger charge is -2.57. The van der Waals surface area contributed by atoms with Crippen LogP contribution >= 0.6 is 11.6 Å². The first-order chi connectivity index (χ1) is 12.7. The zero-order valence-electron chi connectivity index (χ0n) is 17.9. The molecule has 1 N–H and O–H groups in total. The third-order valence-electron chi connectivity index (χ3n) is 7.13. The summed E-state index contributed by atoms with van der Waals surface area (Å²) in [6.45, 7) is 12.7. The number of ether oxygens (including phenoxy) is 1. The van der Waals surface area contributed by atoms with Crippen molar-refractivity contribution in [3.63, 3.8) is 0 Å². The van der Waals surface area contributed by atoms with Crippen LogP contribution in [0.15, 0.2) is 23.3 Å². The molecule has 27 heavy (non-hydrogen) atoms. The van der Waals surface area contributed by atoms with Crippen LogP contribution in [0.25, 0.3) is 0 Å². The van der Waals surface area contributed by atoms with Crippen LogP contribution in [0, 0.1) is 22.7 Å². The summed E-state index contributed by atoms with van der Waals surface area (Å²) in [6.07, 6.45) is 11.7. The summed E-state index contributed by atoms with van der Waals surface area (Å²) in [4.78, 5) is 11.5. The van der Waals surface area contributed by atoms with E-state index >= 15 is 0 Å². The lowest BCUT2D eigenvalue weighted by Crippen LogP contribution is -2.48. The van der Waals surface area contributed by atoms with Gasteiger partial charge in [0.15, 0.2) is 0 Å². The maximum atomic E-state index is 11.5. The monoisotopic (exact) mass is 395 g/mol. The number of carbonyl (C=O) groups excluding carboxylic acids is 1. The average molecular weight is 396 g/mol. The van der Waals surface area contributed by atoms with Gasteiger partial charge in [-0.1, -0.05) is 44.4 Å². The molecule has 3 atom stereocenters. The number of rotatable bonds is 7. The Labute approximate surface area is 171 Å². The van der Waals surface area contributed by atoms with E-state index in [1.54, 1.807) is 5.57 Å². The van der Waals surface area contributed by atoms with E-state index in [0.717, 1.165) is 12.3 Å². The Bertz CT molecular complexity index is 581. The van der Waals surface area contributed by atoms with Crippen LogP contribution in [0.5, 0.6) is 0 Å². The van der Waals surface area contributed by atoms with E-state index in [1.807, 2.05) is 6.08 Å². The van der Waals surface area contributed by atoms with Crippen LogP contribution in [0.4, 0.5) is 4.79 Å². The quantitative estimate of drug-likeness (QED) is 0.395. The molecule has 2 aliphatic carbocycles. The van der Waals surface area contributed by atoms with E-state index in [0.29, 0.717) is 35.8 Å². The van der Waals surface area contributed by atoms with Crippen molar-refractivity contribution in [2.75, 3.05) is 19.0 Å². The van der Waals surface area contributed by atoms with Crippen molar-refractivity contribution in [2.24, 2.45) is 22.7 Å². The molecule has 1 unspecified atom stereocenters. The molecule has 154 valence electrons. The van der Waals surface area contributed by atoms with Crippen LogP contribution in [-0.4, -0.2) is 25.1 Å². The number of fused-ring (bicyclic) bond motifs is 1. The molecule has 0 aromatic rings. The zero-order chi connectivity index (χ0) is 20.1. The van der Waals surface area contributed by atoms with Crippen molar-refractivity contribution in [1.29, 1.82) is 0 Å². The second-order valence-corrected chi connectivity index (χ2v) is 9.82. The molecule has 2 rings (SSSR count). The first-order valence-corrected chi connectivity index (χ1v) is 11.0. The Morgan fingerprint density at radius 3 is 2.81 bits per heavy atom. The maximum absolute atomic E-state index is 11.5. The molecule has 2 aliphatic rings. The number of nitrogens with one attached hydrogen (secondary N) is 1. The summed E-state index contributed by atoms with van der Waals surface area (Å²) in [7, 11) is 0. The number of alkyl carbamates (subject to hydrolysis) is 1. The molecule has 0 saturated heterocycles. The van der Waals surface area contributed by atoms with E-state index in [-0.39, 0.29) is 0 Å². The smallest absolute Gasteiger partial charge is 0.407 e. The Hall–Kier alpha value is -0.960. The molecule has 0 heterocycles. The van der Waals surface area contributed by atoms with Crippen molar-refractivity contribution in [2.45, 2.75) is 73.1 Å². The van der Waals surface area contributed by atoms with Gasteiger partial charge in [-0.2, -0.15) is 0 Å². The highest BCUT2D eigenvalue weighted by molar-refractivity contribution is 6.18. The first-order valence-electron chi connectivity index (χ1n) is 10.5. The number of alkyl halides is 1. The molecule has 0 bridgehead atoms. The second-order valence-electron chi connectivity index (χ2n) is 9.44. The third-order valence-corrected chi connectivity index (χ3v) is 7.32. The van der Waals surface area contributed by atoms with Gasteiger partial charge in [0.1, 0.15) is 6.61 Å². The molecule has 1 saturated carbocycles. The number of halogens is 1. The molecule has 0 spiro atoms. The largest absolute Gasteiger partial charge is 0.445 e. The van der Waals surface area contributed by atoms with Crippen molar-refractivity contribution in [3.8, 4) is 0 Å².